The van der Waals surface area contributed by atoms with Crippen molar-refractivity contribution >= 4 is 56.2 Å². The molecule has 0 rings (SSSR count). The van der Waals surface area contributed by atoms with E-state index >= 15 is 0 Å². The average molecular weight is 340 g/mol. The summed E-state index contributed by atoms with van der Waals surface area (Å²) in [6.07, 6.45) is 0. The van der Waals surface area contributed by atoms with Gasteiger partial charge in [-0.15, -0.1) is 0 Å². The van der Waals surface area contributed by atoms with Gasteiger partial charge in [0.1, 0.15) is 0 Å². The molecular weight excluding hydrogens is 335 g/mol. The Bertz CT molecular complexity index is 15.5. The summed E-state index contributed by atoms with van der Waals surface area (Å²) in [5.74, 6) is 0. The van der Waals surface area contributed by atoms with Gasteiger partial charge in [0.15, 0.2) is 0 Å². The molecule has 0 aliphatic rings. The molecule has 0 atom stereocenters. The first-order chi connectivity index (χ1) is 1.73. The van der Waals surface area contributed by atoms with E-state index in [2.05, 4.69) is 0 Å². The summed E-state index contributed by atoms with van der Waals surface area (Å²) in [7, 11) is -2.17. The summed E-state index contributed by atoms with van der Waals surface area (Å²) in [5.41, 5.74) is 0. The summed E-state index contributed by atoms with van der Waals surface area (Å²) in [6.45, 7) is 0. The van der Waals surface area contributed by atoms with E-state index in [4.69, 9.17) is 15.1 Å². The third kappa shape index (κ3) is 29.8. The van der Waals surface area contributed by atoms with Crippen LogP contribution in [0.15, 0.2) is 0 Å². The van der Waals surface area contributed by atoms with E-state index < -0.39 is 7.32 Å². The van der Waals surface area contributed by atoms with Crippen molar-refractivity contribution in [3.05, 3.63) is 0 Å². The van der Waals surface area contributed by atoms with Crippen molar-refractivity contribution in [3.63, 3.8) is 0 Å². The van der Waals surface area contributed by atoms with Crippen molar-refractivity contribution in [1.82, 2.24) is 0 Å². The van der Waals surface area contributed by atoms with Crippen LogP contribution in [0.3, 0.4) is 0 Å². The van der Waals surface area contributed by atoms with E-state index in [0.29, 0.717) is 0 Å². The molecule has 3 N–H and O–H groups in total. The monoisotopic (exact) mass is 341 g/mol. The van der Waals surface area contributed by atoms with Crippen LogP contribution < -0.4 is 0 Å². The molecule has 6 heteroatoms. The first kappa shape index (κ1) is 15.9. The van der Waals surface area contributed by atoms with E-state index in [1.165, 1.54) is 0 Å². The van der Waals surface area contributed by atoms with E-state index in [1.54, 1.807) is 0 Å². The molecule has 0 aliphatic carbocycles. The maximum atomic E-state index is 7.17. The Kier molecular flexibility index (Phi) is 28.2. The van der Waals surface area contributed by atoms with E-state index in [9.17, 15) is 0 Å². The molecule has 0 bridgehead atoms. The molecule has 1 radical (unpaired) electrons. The van der Waals surface area contributed by atoms with Gasteiger partial charge in [-0.3, -0.25) is 0 Å². The fourth-order valence-corrected chi connectivity index (χ4v) is 0. The number of hydrogen-bond donors (Lipinski definition) is 3. The number of rotatable bonds is 0. The fraction of sp³-hybridized carbons (Fsp3) is 0. The quantitative estimate of drug-likeness (QED) is 0.413. The molecule has 0 saturated carbocycles. The van der Waals surface area contributed by atoms with Gasteiger partial charge in [-0.05, 0) is 0 Å². The largest absolute Gasteiger partial charge is 0 e. The Morgan fingerprint density at radius 3 is 1.00 bits per heavy atom. The predicted octanol–water partition coefficient (Wildman–Crippen LogP) is -2.97. The minimum absolute atomic E-state index is 0. The molecule has 0 spiro atoms. The molecule has 0 saturated heterocycles. The molecule has 0 amide bonds. The Labute approximate surface area is 104 Å². The van der Waals surface area contributed by atoms with Crippen LogP contribution in [0, 0.1) is 35.6 Å². The molecule has 0 aromatic rings. The minimum atomic E-state index is -2.17. The molecule has 0 unspecified atom stereocenters. The van der Waals surface area contributed by atoms with Crippen LogP contribution in [0.5, 0.6) is 0 Å². The fourth-order valence-electron chi connectivity index (χ4n) is 0. The second-order valence-electron chi connectivity index (χ2n) is 0.346. The van der Waals surface area contributed by atoms with Crippen molar-refractivity contribution in [1.29, 1.82) is 0 Å². The third-order valence-corrected chi connectivity index (χ3v) is 0. The van der Waals surface area contributed by atoms with Crippen LogP contribution in [0.25, 0.3) is 0 Å². The predicted molar refractivity (Wildman–Crippen MR) is 21.0 cm³/mol. The third-order valence-electron chi connectivity index (χ3n) is 0. The second kappa shape index (κ2) is 10.6. The van der Waals surface area contributed by atoms with Gasteiger partial charge in [-0.1, -0.05) is 0 Å². The molecule has 3 nitrogen and oxygen atoms in total. The zero-order valence-electron chi connectivity index (χ0n) is 2.50. The second-order valence-corrected chi connectivity index (χ2v) is 0.346. The van der Waals surface area contributed by atoms with E-state index in [0.717, 1.165) is 0 Å². The van der Waals surface area contributed by atoms with Gasteiger partial charge in [0, 0.05) is 35.6 Å². The molecule has 0 aromatic heterocycles. The van der Waals surface area contributed by atoms with Gasteiger partial charge in [0.25, 0.3) is 0 Å². The molecule has 6 heavy (non-hydrogen) atoms. The maximum absolute atomic E-state index is 7.17. The van der Waals surface area contributed by atoms with E-state index in [1.807, 2.05) is 0 Å². The van der Waals surface area contributed by atoms with Gasteiger partial charge in [0.05, 0.1) is 0 Å². The smallest absolute Gasteiger partial charge is 0 e. The van der Waals surface area contributed by atoms with Gasteiger partial charge < -0.3 is 15.1 Å². The zero-order valence-corrected chi connectivity index (χ0v) is 6.12. The van der Waals surface area contributed by atoms with Crippen molar-refractivity contribution in [2.75, 3.05) is 0 Å². The topological polar surface area (TPSA) is 60.7 Å². The summed E-state index contributed by atoms with van der Waals surface area (Å²) in [4.78, 5) is 0. The van der Waals surface area contributed by atoms with E-state index in [-0.39, 0.29) is 84.5 Å². The van der Waals surface area contributed by atoms with Gasteiger partial charge in [-0.2, -0.15) is 0 Å². The molecule has 0 aliphatic heterocycles. The summed E-state index contributed by atoms with van der Waals surface area (Å²) in [5, 5.41) is 21.5. The first-order valence-corrected chi connectivity index (χ1v) is 0.775. The van der Waals surface area contributed by atoms with Crippen LogP contribution in [-0.2, 0) is 0 Å². The van der Waals surface area contributed by atoms with Crippen LogP contribution in [0.2, 0.25) is 0 Å². The standard InChI is InChI=1S/BH3O3.Ba.La.2H/c2-1(3)4;;;;/h2-4H;;;;. The first-order valence-electron chi connectivity index (χ1n) is 0.775. The molecule has 0 aromatic carbocycles. The van der Waals surface area contributed by atoms with Crippen LogP contribution in [0.4, 0.5) is 0 Å². The Morgan fingerprint density at radius 1 is 1.00 bits per heavy atom. The van der Waals surface area contributed by atoms with Crippen LogP contribution in [0.1, 0.15) is 0 Å². The summed E-state index contributed by atoms with van der Waals surface area (Å²) < 4.78 is 0. The Hall–Kier alpha value is 2.71. The maximum Gasteiger partial charge on any atom is 0 e. The minimum Gasteiger partial charge on any atom is 0 e. The van der Waals surface area contributed by atoms with Crippen LogP contribution in [-0.4, -0.2) is 71.3 Å². The number of hydrogen-bond acceptors (Lipinski definition) is 3. The van der Waals surface area contributed by atoms with Crippen molar-refractivity contribution < 1.29 is 50.7 Å². The SMILES string of the molecule is OB(O)O.[BaH2].[La]. The summed E-state index contributed by atoms with van der Waals surface area (Å²) >= 11 is 0. The van der Waals surface area contributed by atoms with Crippen molar-refractivity contribution in [2.24, 2.45) is 0 Å². The normalized spacial score (nSPS) is 4.50. The molecule has 0 heterocycles. The molecular formula is H5BBaLaO3. The van der Waals surface area contributed by atoms with Crippen molar-refractivity contribution in [3.8, 4) is 0 Å². The van der Waals surface area contributed by atoms with Gasteiger partial charge in [-0.25, -0.2) is 0 Å². The molecule has 0 fully saturated rings. The van der Waals surface area contributed by atoms with Crippen LogP contribution >= 0.6 is 0 Å². The van der Waals surface area contributed by atoms with Gasteiger partial charge in [0.2, 0.25) is 0 Å². The molecule has 31 valence electrons. The Balaban J connectivity index is -0.0000000450. The van der Waals surface area contributed by atoms with Gasteiger partial charge >= 0.3 is 56.2 Å². The zero-order chi connectivity index (χ0) is 3.58. The van der Waals surface area contributed by atoms with Crippen molar-refractivity contribution in [2.45, 2.75) is 0 Å². The summed E-state index contributed by atoms with van der Waals surface area (Å²) in [6, 6.07) is 0. The Morgan fingerprint density at radius 2 is 1.00 bits per heavy atom. The average Bonchev–Trinajstić information content (AvgIpc) is 0.811.